The number of fused-ring (bicyclic) bond motifs is 1. The molecule has 9 heteroatoms. The van der Waals surface area contributed by atoms with E-state index in [1.165, 1.54) is 22.7 Å². The van der Waals surface area contributed by atoms with E-state index in [1.807, 2.05) is 25.1 Å². The molecular formula is C15H16ClN3O2S3. The number of unbranched alkanes of at least 4 members (excludes halogenated alkanes) is 1. The molecule has 3 aromatic rings. The fourth-order valence-electron chi connectivity index (χ4n) is 2.12. The third-order valence-electron chi connectivity index (χ3n) is 3.39. The second-order valence-corrected chi connectivity index (χ2v) is 10.3. The quantitative estimate of drug-likeness (QED) is 0.626. The van der Waals surface area contributed by atoms with Crippen LogP contribution in [0.4, 0.5) is 5.69 Å². The summed E-state index contributed by atoms with van der Waals surface area (Å²) in [5.74, 6) is 0.153. The molecule has 2 aromatic heterocycles. The highest BCUT2D eigenvalue weighted by atomic mass is 35.5. The number of aromatic nitrogens is 2. The topological polar surface area (TPSA) is 72.0 Å². The zero-order chi connectivity index (χ0) is 17.2. The molecule has 128 valence electrons. The van der Waals surface area contributed by atoms with Gasteiger partial charge in [-0.3, -0.25) is 0 Å². The molecule has 0 amide bonds. The third-order valence-corrected chi connectivity index (χ3v) is 7.78. The molecule has 0 fully saturated rings. The molecule has 0 atom stereocenters. The molecule has 0 saturated heterocycles. The maximum atomic E-state index is 12.3. The lowest BCUT2D eigenvalue weighted by Crippen LogP contribution is -2.05. The van der Waals surface area contributed by atoms with Crippen molar-refractivity contribution >= 4 is 60.0 Å². The maximum absolute atomic E-state index is 12.3. The summed E-state index contributed by atoms with van der Waals surface area (Å²) in [6.07, 6.45) is 3.24. The van der Waals surface area contributed by atoms with Gasteiger partial charge in [0.25, 0.3) is 0 Å². The molecule has 1 N–H and O–H groups in total. The van der Waals surface area contributed by atoms with Gasteiger partial charge in [-0.1, -0.05) is 24.9 Å². The van der Waals surface area contributed by atoms with Crippen molar-refractivity contribution in [3.63, 3.8) is 0 Å². The maximum Gasteiger partial charge on any atom is 0.210 e. The summed E-state index contributed by atoms with van der Waals surface area (Å²) in [6, 6.07) is 5.66. The normalized spacial score (nSPS) is 11.9. The smallest absolute Gasteiger partial charge is 0.210 e. The summed E-state index contributed by atoms with van der Waals surface area (Å²) in [7, 11) is -3.28. The van der Waals surface area contributed by atoms with Crippen molar-refractivity contribution in [1.82, 2.24) is 9.97 Å². The number of anilines is 1. The number of hydrogen-bond acceptors (Lipinski definition) is 7. The standard InChI is InChI=1S/C15H16ClN3O2S3/c1-2-3-6-24(20,21)15-19-12-5-4-10(7-13(12)23-15)17-8-11-9-18-14(16)22-11/h4-5,7,9,17H,2-3,6,8H2,1H3. The Bertz CT molecular complexity index is 950. The molecule has 0 saturated carbocycles. The average Bonchev–Trinajstić information content (AvgIpc) is 3.17. The van der Waals surface area contributed by atoms with Gasteiger partial charge in [-0.15, -0.1) is 22.7 Å². The summed E-state index contributed by atoms with van der Waals surface area (Å²) in [6.45, 7) is 2.60. The number of hydrogen-bond donors (Lipinski definition) is 1. The first-order chi connectivity index (χ1) is 11.5. The van der Waals surface area contributed by atoms with E-state index in [-0.39, 0.29) is 10.1 Å². The molecule has 1 aromatic carbocycles. The Kier molecular flexibility index (Phi) is 5.39. The van der Waals surface area contributed by atoms with E-state index in [1.54, 1.807) is 6.20 Å². The Hall–Kier alpha value is -1.22. The summed E-state index contributed by atoms with van der Waals surface area (Å²) in [5.41, 5.74) is 1.62. The predicted molar refractivity (Wildman–Crippen MR) is 101 cm³/mol. The lowest BCUT2D eigenvalue weighted by molar-refractivity contribution is 0.592. The van der Waals surface area contributed by atoms with Crippen molar-refractivity contribution in [1.29, 1.82) is 0 Å². The van der Waals surface area contributed by atoms with Crippen molar-refractivity contribution in [3.05, 3.63) is 33.7 Å². The summed E-state index contributed by atoms with van der Waals surface area (Å²) in [5, 5.41) is 3.29. The molecule has 0 unspecified atom stereocenters. The van der Waals surface area contributed by atoms with Crippen LogP contribution in [0.1, 0.15) is 24.6 Å². The Morgan fingerprint density at radius 2 is 2.12 bits per heavy atom. The SMILES string of the molecule is CCCCS(=O)(=O)c1nc2ccc(NCc3cnc(Cl)s3)cc2s1. The number of thiazole rings is 2. The number of rotatable bonds is 7. The van der Waals surface area contributed by atoms with Crippen LogP contribution in [0.3, 0.4) is 0 Å². The molecule has 0 spiro atoms. The largest absolute Gasteiger partial charge is 0.380 e. The van der Waals surface area contributed by atoms with E-state index < -0.39 is 9.84 Å². The average molecular weight is 402 g/mol. The van der Waals surface area contributed by atoms with Gasteiger partial charge in [-0.05, 0) is 24.6 Å². The highest BCUT2D eigenvalue weighted by Crippen LogP contribution is 2.29. The van der Waals surface area contributed by atoms with Gasteiger partial charge in [-0.2, -0.15) is 0 Å². The number of nitrogens with zero attached hydrogens (tertiary/aromatic N) is 2. The first kappa shape index (κ1) is 17.6. The number of nitrogens with one attached hydrogen (secondary N) is 1. The third kappa shape index (κ3) is 4.05. The first-order valence-corrected chi connectivity index (χ1v) is 11.1. The molecule has 2 heterocycles. The molecule has 24 heavy (non-hydrogen) atoms. The van der Waals surface area contributed by atoms with E-state index in [4.69, 9.17) is 11.6 Å². The summed E-state index contributed by atoms with van der Waals surface area (Å²) < 4.78 is 26.1. The lowest BCUT2D eigenvalue weighted by Gasteiger charge is -2.03. The van der Waals surface area contributed by atoms with E-state index in [0.717, 1.165) is 21.7 Å². The van der Waals surface area contributed by atoms with Crippen LogP contribution in [0.15, 0.2) is 28.7 Å². The molecule has 0 aliphatic rings. The van der Waals surface area contributed by atoms with Crippen LogP contribution in [0.25, 0.3) is 10.2 Å². The van der Waals surface area contributed by atoms with Gasteiger partial charge in [0.1, 0.15) is 0 Å². The van der Waals surface area contributed by atoms with Gasteiger partial charge >= 0.3 is 0 Å². The first-order valence-electron chi connectivity index (χ1n) is 7.45. The highest BCUT2D eigenvalue weighted by molar-refractivity contribution is 7.93. The van der Waals surface area contributed by atoms with Crippen LogP contribution in [-0.2, 0) is 16.4 Å². The molecule has 3 rings (SSSR count). The van der Waals surface area contributed by atoms with Crippen molar-refractivity contribution in [2.24, 2.45) is 0 Å². The van der Waals surface area contributed by atoms with Gasteiger partial charge in [0.2, 0.25) is 14.2 Å². The van der Waals surface area contributed by atoms with Gasteiger partial charge in [0.15, 0.2) is 4.47 Å². The molecule has 0 radical (unpaired) electrons. The summed E-state index contributed by atoms with van der Waals surface area (Å²) >= 11 is 8.47. The van der Waals surface area contributed by atoms with E-state index in [0.29, 0.717) is 22.9 Å². The van der Waals surface area contributed by atoms with Gasteiger partial charge in [0.05, 0.1) is 22.5 Å². The Morgan fingerprint density at radius 3 is 2.83 bits per heavy atom. The number of sulfone groups is 1. The minimum Gasteiger partial charge on any atom is -0.380 e. The van der Waals surface area contributed by atoms with Crippen LogP contribution < -0.4 is 5.32 Å². The summed E-state index contributed by atoms with van der Waals surface area (Å²) in [4.78, 5) is 9.31. The predicted octanol–water partition coefficient (Wildman–Crippen LogP) is 4.59. The van der Waals surface area contributed by atoms with Crippen molar-refractivity contribution in [2.75, 3.05) is 11.1 Å². The minimum absolute atomic E-state index is 0.153. The second kappa shape index (κ2) is 7.35. The second-order valence-electron chi connectivity index (χ2n) is 5.27. The van der Waals surface area contributed by atoms with Crippen molar-refractivity contribution < 1.29 is 8.42 Å². The lowest BCUT2D eigenvalue weighted by atomic mass is 10.3. The van der Waals surface area contributed by atoms with E-state index in [2.05, 4.69) is 15.3 Å². The fourth-order valence-corrected chi connectivity index (χ4v) is 5.88. The fraction of sp³-hybridized carbons (Fsp3) is 0.333. The molecule has 0 aliphatic heterocycles. The highest BCUT2D eigenvalue weighted by Gasteiger charge is 2.19. The van der Waals surface area contributed by atoms with Gasteiger partial charge < -0.3 is 5.32 Å². The Morgan fingerprint density at radius 1 is 1.29 bits per heavy atom. The van der Waals surface area contributed by atoms with Crippen LogP contribution in [0.2, 0.25) is 4.47 Å². The molecule has 5 nitrogen and oxygen atoms in total. The van der Waals surface area contributed by atoms with E-state index in [9.17, 15) is 8.42 Å². The van der Waals surface area contributed by atoms with Crippen LogP contribution in [0, 0.1) is 0 Å². The van der Waals surface area contributed by atoms with Crippen molar-refractivity contribution in [3.8, 4) is 0 Å². The number of benzene rings is 1. The van der Waals surface area contributed by atoms with Crippen LogP contribution >= 0.6 is 34.3 Å². The number of halogens is 1. The molecule has 0 aliphatic carbocycles. The van der Waals surface area contributed by atoms with Crippen LogP contribution in [-0.4, -0.2) is 24.1 Å². The van der Waals surface area contributed by atoms with Gasteiger partial charge in [-0.25, -0.2) is 18.4 Å². The monoisotopic (exact) mass is 401 g/mol. The van der Waals surface area contributed by atoms with Crippen LogP contribution in [0.5, 0.6) is 0 Å². The molecule has 0 bridgehead atoms. The van der Waals surface area contributed by atoms with Gasteiger partial charge in [0, 0.05) is 16.8 Å². The minimum atomic E-state index is -3.28. The zero-order valence-corrected chi connectivity index (χ0v) is 16.2. The molecular weight excluding hydrogens is 386 g/mol. The Balaban J connectivity index is 1.78. The van der Waals surface area contributed by atoms with Crippen molar-refractivity contribution in [2.45, 2.75) is 30.6 Å². The van der Waals surface area contributed by atoms with E-state index >= 15 is 0 Å². The Labute approximate surface area is 153 Å². The zero-order valence-electron chi connectivity index (χ0n) is 13.0.